The SMILES string of the molecule is CC(C)(C)Oc1ccc(OC(C)(C)C)c(OC(C)(C)C)c1. The molecule has 0 fully saturated rings. The van der Waals surface area contributed by atoms with E-state index in [2.05, 4.69) is 0 Å². The summed E-state index contributed by atoms with van der Waals surface area (Å²) in [6.45, 7) is 18.2. The van der Waals surface area contributed by atoms with Crippen LogP contribution in [0.25, 0.3) is 0 Å². The summed E-state index contributed by atoms with van der Waals surface area (Å²) >= 11 is 0. The molecule has 3 nitrogen and oxygen atoms in total. The van der Waals surface area contributed by atoms with E-state index in [-0.39, 0.29) is 16.8 Å². The molecule has 0 aliphatic heterocycles. The Morgan fingerprint density at radius 1 is 0.571 bits per heavy atom. The molecule has 1 aromatic carbocycles. The van der Waals surface area contributed by atoms with Gasteiger partial charge in [0.15, 0.2) is 11.5 Å². The fourth-order valence-corrected chi connectivity index (χ4v) is 1.73. The maximum Gasteiger partial charge on any atom is 0.165 e. The van der Waals surface area contributed by atoms with E-state index in [1.807, 2.05) is 80.5 Å². The summed E-state index contributed by atoms with van der Waals surface area (Å²) in [5.74, 6) is 2.22. The molecule has 0 unspecified atom stereocenters. The van der Waals surface area contributed by atoms with E-state index in [1.165, 1.54) is 0 Å². The molecule has 1 rings (SSSR count). The highest BCUT2D eigenvalue weighted by Gasteiger charge is 2.21. The Morgan fingerprint density at radius 2 is 1.00 bits per heavy atom. The predicted molar refractivity (Wildman–Crippen MR) is 87.6 cm³/mol. The first kappa shape index (κ1) is 17.7. The highest BCUT2D eigenvalue weighted by atomic mass is 16.5. The van der Waals surface area contributed by atoms with Gasteiger partial charge in [-0.05, 0) is 74.4 Å². The third-order valence-corrected chi connectivity index (χ3v) is 2.17. The number of benzene rings is 1. The largest absolute Gasteiger partial charge is 0.488 e. The maximum absolute atomic E-state index is 6.03. The summed E-state index contributed by atoms with van der Waals surface area (Å²) in [5, 5.41) is 0. The van der Waals surface area contributed by atoms with Crippen LogP contribution in [0.2, 0.25) is 0 Å². The van der Waals surface area contributed by atoms with Crippen molar-refractivity contribution in [1.29, 1.82) is 0 Å². The first-order valence-electron chi connectivity index (χ1n) is 7.46. The lowest BCUT2D eigenvalue weighted by atomic mass is 10.1. The Labute approximate surface area is 129 Å². The second-order valence-corrected chi connectivity index (χ2v) is 8.25. The molecule has 0 aliphatic rings. The molecular formula is C18H30O3. The van der Waals surface area contributed by atoms with Gasteiger partial charge in [-0.1, -0.05) is 0 Å². The molecule has 0 heterocycles. The summed E-state index contributed by atoms with van der Waals surface area (Å²) in [5.41, 5.74) is -0.815. The zero-order chi connectivity index (χ0) is 16.5. The van der Waals surface area contributed by atoms with Gasteiger partial charge in [-0.15, -0.1) is 0 Å². The Kier molecular flexibility index (Phi) is 4.87. The molecule has 0 aromatic heterocycles. The third kappa shape index (κ3) is 7.26. The van der Waals surface area contributed by atoms with Crippen molar-refractivity contribution in [2.24, 2.45) is 0 Å². The van der Waals surface area contributed by atoms with Crippen LogP contribution in [0.1, 0.15) is 62.3 Å². The standard InChI is InChI=1S/C18H30O3/c1-16(2,3)19-13-10-11-14(20-17(4,5)6)15(12-13)21-18(7,8)9/h10-12H,1-9H3. The van der Waals surface area contributed by atoms with Crippen molar-refractivity contribution in [1.82, 2.24) is 0 Å². The molecule has 0 aliphatic carbocycles. The molecule has 120 valence electrons. The zero-order valence-electron chi connectivity index (χ0n) is 15.0. The summed E-state index contributed by atoms with van der Waals surface area (Å²) < 4.78 is 17.9. The molecule has 1 aromatic rings. The Balaban J connectivity index is 3.14. The zero-order valence-corrected chi connectivity index (χ0v) is 15.0. The molecule has 3 heteroatoms. The highest BCUT2D eigenvalue weighted by Crippen LogP contribution is 2.36. The Hall–Kier alpha value is -1.38. The molecule has 0 amide bonds. The van der Waals surface area contributed by atoms with Crippen LogP contribution in [-0.2, 0) is 0 Å². The molecule has 0 saturated carbocycles. The lowest BCUT2D eigenvalue weighted by Crippen LogP contribution is -2.27. The van der Waals surface area contributed by atoms with Crippen molar-refractivity contribution < 1.29 is 14.2 Å². The first-order valence-corrected chi connectivity index (χ1v) is 7.46. The molecule has 0 N–H and O–H groups in total. The van der Waals surface area contributed by atoms with Gasteiger partial charge in [-0.3, -0.25) is 0 Å². The molecule has 0 bridgehead atoms. The predicted octanol–water partition coefficient (Wildman–Crippen LogP) is 5.22. The lowest BCUT2D eigenvalue weighted by Gasteiger charge is -2.28. The number of hydrogen-bond acceptors (Lipinski definition) is 3. The van der Waals surface area contributed by atoms with Gasteiger partial charge in [0.2, 0.25) is 0 Å². The van der Waals surface area contributed by atoms with E-state index in [9.17, 15) is 0 Å². The van der Waals surface area contributed by atoms with Crippen molar-refractivity contribution in [3.8, 4) is 17.2 Å². The van der Waals surface area contributed by atoms with E-state index < -0.39 is 0 Å². The minimum absolute atomic E-state index is 0.245. The normalized spacial score (nSPS) is 13.0. The van der Waals surface area contributed by atoms with Crippen LogP contribution >= 0.6 is 0 Å². The molecule has 0 radical (unpaired) electrons. The lowest BCUT2D eigenvalue weighted by molar-refractivity contribution is 0.0930. The summed E-state index contributed by atoms with van der Waals surface area (Å²) in [6, 6.07) is 5.73. The van der Waals surface area contributed by atoms with Gasteiger partial charge in [0, 0.05) is 6.07 Å². The average Bonchev–Trinajstić information content (AvgIpc) is 2.15. The van der Waals surface area contributed by atoms with Gasteiger partial charge in [-0.2, -0.15) is 0 Å². The van der Waals surface area contributed by atoms with Crippen molar-refractivity contribution >= 4 is 0 Å². The van der Waals surface area contributed by atoms with E-state index >= 15 is 0 Å². The van der Waals surface area contributed by atoms with E-state index in [1.54, 1.807) is 0 Å². The summed E-state index contributed by atoms with van der Waals surface area (Å²) in [4.78, 5) is 0. The van der Waals surface area contributed by atoms with Gasteiger partial charge < -0.3 is 14.2 Å². The Bertz CT molecular complexity index is 471. The van der Waals surface area contributed by atoms with Gasteiger partial charge in [-0.25, -0.2) is 0 Å². The van der Waals surface area contributed by atoms with Crippen molar-refractivity contribution in [2.45, 2.75) is 79.1 Å². The van der Waals surface area contributed by atoms with E-state index in [0.717, 1.165) is 11.5 Å². The fourth-order valence-electron chi connectivity index (χ4n) is 1.73. The minimum Gasteiger partial charge on any atom is -0.488 e. The average molecular weight is 294 g/mol. The van der Waals surface area contributed by atoms with Crippen LogP contribution < -0.4 is 14.2 Å². The second kappa shape index (κ2) is 5.78. The van der Waals surface area contributed by atoms with Gasteiger partial charge in [0.25, 0.3) is 0 Å². The van der Waals surface area contributed by atoms with E-state index in [4.69, 9.17) is 14.2 Å². The van der Waals surface area contributed by atoms with Crippen molar-refractivity contribution in [3.05, 3.63) is 18.2 Å². The monoisotopic (exact) mass is 294 g/mol. The second-order valence-electron chi connectivity index (χ2n) is 8.25. The van der Waals surface area contributed by atoms with Crippen molar-refractivity contribution in [2.75, 3.05) is 0 Å². The van der Waals surface area contributed by atoms with Crippen LogP contribution in [0.4, 0.5) is 0 Å². The highest BCUT2D eigenvalue weighted by molar-refractivity contribution is 5.46. The summed E-state index contributed by atoms with van der Waals surface area (Å²) in [6.07, 6.45) is 0. The first-order chi connectivity index (χ1) is 9.25. The van der Waals surface area contributed by atoms with Crippen LogP contribution in [-0.4, -0.2) is 16.8 Å². The molecular weight excluding hydrogens is 264 g/mol. The Morgan fingerprint density at radius 3 is 1.43 bits per heavy atom. The topological polar surface area (TPSA) is 27.7 Å². The molecule has 0 spiro atoms. The number of ether oxygens (including phenoxy) is 3. The van der Waals surface area contributed by atoms with Gasteiger partial charge in [0.1, 0.15) is 22.6 Å². The van der Waals surface area contributed by atoms with Crippen LogP contribution in [0.3, 0.4) is 0 Å². The van der Waals surface area contributed by atoms with Crippen LogP contribution in [0.15, 0.2) is 18.2 Å². The number of rotatable bonds is 3. The summed E-state index contributed by atoms with van der Waals surface area (Å²) in [7, 11) is 0. The van der Waals surface area contributed by atoms with Gasteiger partial charge >= 0.3 is 0 Å². The fraction of sp³-hybridized carbons (Fsp3) is 0.667. The van der Waals surface area contributed by atoms with Crippen LogP contribution in [0, 0.1) is 0 Å². The maximum atomic E-state index is 6.03. The minimum atomic E-state index is -0.295. The molecule has 0 saturated heterocycles. The van der Waals surface area contributed by atoms with Crippen LogP contribution in [0.5, 0.6) is 17.2 Å². The number of hydrogen-bond donors (Lipinski definition) is 0. The van der Waals surface area contributed by atoms with Gasteiger partial charge in [0.05, 0.1) is 0 Å². The smallest absolute Gasteiger partial charge is 0.165 e. The molecule has 21 heavy (non-hydrogen) atoms. The third-order valence-electron chi connectivity index (χ3n) is 2.17. The molecule has 0 atom stereocenters. The van der Waals surface area contributed by atoms with Crippen molar-refractivity contribution in [3.63, 3.8) is 0 Å². The van der Waals surface area contributed by atoms with E-state index in [0.29, 0.717) is 5.75 Å². The quantitative estimate of drug-likeness (QED) is 0.765.